The van der Waals surface area contributed by atoms with E-state index in [1.165, 1.54) is 12.8 Å². The average Bonchev–Trinajstić information content (AvgIpc) is 2.64. The van der Waals surface area contributed by atoms with E-state index < -0.39 is 9.84 Å². The molecule has 1 rings (SSSR count). The topological polar surface area (TPSA) is 37.4 Å². The van der Waals surface area contributed by atoms with Gasteiger partial charge in [0, 0.05) is 24.2 Å². The van der Waals surface area contributed by atoms with Crippen LogP contribution in [0.1, 0.15) is 26.2 Å². The molecular formula is C11H22BrNO2S. The molecule has 0 bridgehead atoms. The van der Waals surface area contributed by atoms with Crippen LogP contribution < -0.4 is 0 Å². The summed E-state index contributed by atoms with van der Waals surface area (Å²) in [6.07, 6.45) is 3.16. The molecule has 0 spiro atoms. The van der Waals surface area contributed by atoms with Crippen LogP contribution in [0.4, 0.5) is 0 Å². The largest absolute Gasteiger partial charge is 0.302 e. The van der Waals surface area contributed by atoms with E-state index in [0.717, 1.165) is 37.3 Å². The Hall–Kier alpha value is 0.390. The Morgan fingerprint density at radius 2 is 2.12 bits per heavy atom. The van der Waals surface area contributed by atoms with Crippen LogP contribution in [-0.4, -0.2) is 49.8 Å². The normalized spacial score (nSPS) is 22.8. The Kier molecular flexibility index (Phi) is 6.29. The molecule has 1 unspecified atom stereocenters. The van der Waals surface area contributed by atoms with Gasteiger partial charge < -0.3 is 4.90 Å². The van der Waals surface area contributed by atoms with Crippen LogP contribution in [0.5, 0.6) is 0 Å². The first-order valence-electron chi connectivity index (χ1n) is 6.06. The Morgan fingerprint density at radius 3 is 2.75 bits per heavy atom. The molecule has 1 fully saturated rings. The van der Waals surface area contributed by atoms with E-state index in [-0.39, 0.29) is 0 Å². The maximum absolute atomic E-state index is 11.6. The van der Waals surface area contributed by atoms with Crippen LogP contribution in [0, 0.1) is 5.92 Å². The molecule has 0 radical (unpaired) electrons. The van der Waals surface area contributed by atoms with Crippen molar-refractivity contribution >= 4 is 25.8 Å². The van der Waals surface area contributed by atoms with Crippen LogP contribution in [0.3, 0.4) is 0 Å². The molecule has 16 heavy (non-hydrogen) atoms. The minimum Gasteiger partial charge on any atom is -0.302 e. The lowest BCUT2D eigenvalue weighted by Gasteiger charge is -2.15. The van der Waals surface area contributed by atoms with E-state index in [4.69, 9.17) is 0 Å². The molecule has 0 amide bonds. The predicted octanol–water partition coefficient (Wildman–Crippen LogP) is 1.92. The fourth-order valence-electron chi connectivity index (χ4n) is 2.19. The molecule has 0 aromatic heterocycles. The van der Waals surface area contributed by atoms with Crippen LogP contribution in [0.25, 0.3) is 0 Å². The van der Waals surface area contributed by atoms with E-state index in [1.54, 1.807) is 0 Å². The summed E-state index contributed by atoms with van der Waals surface area (Å²) in [6, 6.07) is 0. The molecule has 0 aliphatic carbocycles. The predicted molar refractivity (Wildman–Crippen MR) is 71.9 cm³/mol. The van der Waals surface area contributed by atoms with Gasteiger partial charge in [0.05, 0.1) is 5.75 Å². The lowest BCUT2D eigenvalue weighted by atomic mass is 10.1. The number of sulfone groups is 1. The highest BCUT2D eigenvalue weighted by Crippen LogP contribution is 2.20. The first kappa shape index (κ1) is 14.5. The van der Waals surface area contributed by atoms with Crippen molar-refractivity contribution in [3.63, 3.8) is 0 Å². The van der Waals surface area contributed by atoms with Gasteiger partial charge in [-0.15, -0.1) is 0 Å². The zero-order valence-electron chi connectivity index (χ0n) is 9.99. The van der Waals surface area contributed by atoms with E-state index >= 15 is 0 Å². The zero-order chi connectivity index (χ0) is 12.0. The van der Waals surface area contributed by atoms with Gasteiger partial charge in [0.25, 0.3) is 0 Å². The number of halogens is 1. The maximum atomic E-state index is 11.6. The molecule has 5 heteroatoms. The maximum Gasteiger partial charge on any atom is 0.151 e. The van der Waals surface area contributed by atoms with Crippen molar-refractivity contribution in [2.24, 2.45) is 5.92 Å². The number of rotatable bonds is 7. The quantitative estimate of drug-likeness (QED) is 0.674. The highest BCUT2D eigenvalue weighted by atomic mass is 79.9. The summed E-state index contributed by atoms with van der Waals surface area (Å²) in [5.41, 5.74) is 0. The summed E-state index contributed by atoms with van der Waals surface area (Å²) in [5, 5.41) is 1.06. The summed E-state index contributed by atoms with van der Waals surface area (Å²) in [7, 11) is -2.80. The minimum atomic E-state index is -2.80. The Morgan fingerprint density at radius 1 is 1.38 bits per heavy atom. The van der Waals surface area contributed by atoms with Crippen molar-refractivity contribution in [1.29, 1.82) is 0 Å². The van der Waals surface area contributed by atoms with Gasteiger partial charge in [0.15, 0.2) is 9.84 Å². The summed E-state index contributed by atoms with van der Waals surface area (Å²) >= 11 is 3.46. The lowest BCUT2D eigenvalue weighted by Crippen LogP contribution is -2.28. The molecule has 96 valence electrons. The minimum absolute atomic E-state index is 0.335. The van der Waals surface area contributed by atoms with E-state index in [1.807, 2.05) is 6.92 Å². The Labute approximate surface area is 108 Å². The van der Waals surface area contributed by atoms with Crippen LogP contribution in [0.15, 0.2) is 0 Å². The third-order valence-corrected chi connectivity index (χ3v) is 5.41. The van der Waals surface area contributed by atoms with Gasteiger partial charge in [-0.2, -0.15) is 0 Å². The van der Waals surface area contributed by atoms with Crippen molar-refractivity contribution in [3.05, 3.63) is 0 Å². The van der Waals surface area contributed by atoms with Gasteiger partial charge in [-0.3, -0.25) is 0 Å². The van der Waals surface area contributed by atoms with E-state index in [9.17, 15) is 8.42 Å². The standard InChI is InChI=1S/C11H22BrNO2S/c1-2-8-16(14,15)9-7-13-6-4-11(10-13)3-5-12/h11H,2-10H2,1H3. The fraction of sp³-hybridized carbons (Fsp3) is 1.00. The third-order valence-electron chi connectivity index (χ3n) is 3.12. The van der Waals surface area contributed by atoms with Crippen molar-refractivity contribution in [1.82, 2.24) is 4.90 Å². The van der Waals surface area contributed by atoms with Gasteiger partial charge in [-0.25, -0.2) is 8.42 Å². The van der Waals surface area contributed by atoms with Gasteiger partial charge in [-0.05, 0) is 31.7 Å². The highest BCUT2D eigenvalue weighted by molar-refractivity contribution is 9.09. The number of alkyl halides is 1. The number of hydrogen-bond acceptors (Lipinski definition) is 3. The van der Waals surface area contributed by atoms with Gasteiger partial charge >= 0.3 is 0 Å². The number of hydrogen-bond donors (Lipinski definition) is 0. The van der Waals surface area contributed by atoms with Crippen molar-refractivity contribution in [3.8, 4) is 0 Å². The molecule has 0 aromatic carbocycles. The lowest BCUT2D eigenvalue weighted by molar-refractivity contribution is 0.341. The number of nitrogens with zero attached hydrogens (tertiary/aromatic N) is 1. The van der Waals surface area contributed by atoms with Crippen LogP contribution in [0.2, 0.25) is 0 Å². The molecule has 0 aromatic rings. The molecule has 0 saturated carbocycles. The van der Waals surface area contributed by atoms with Crippen molar-refractivity contribution < 1.29 is 8.42 Å². The summed E-state index contributed by atoms with van der Waals surface area (Å²) < 4.78 is 23.1. The first-order chi connectivity index (χ1) is 7.57. The summed E-state index contributed by atoms with van der Waals surface area (Å²) in [4.78, 5) is 2.29. The van der Waals surface area contributed by atoms with E-state index in [0.29, 0.717) is 11.5 Å². The fourth-order valence-corrected chi connectivity index (χ4v) is 4.20. The molecule has 1 heterocycles. The molecule has 1 aliphatic rings. The van der Waals surface area contributed by atoms with E-state index in [2.05, 4.69) is 20.8 Å². The van der Waals surface area contributed by atoms with Crippen molar-refractivity contribution in [2.45, 2.75) is 26.2 Å². The van der Waals surface area contributed by atoms with Crippen LogP contribution in [-0.2, 0) is 9.84 Å². The monoisotopic (exact) mass is 311 g/mol. The van der Waals surface area contributed by atoms with Gasteiger partial charge in [-0.1, -0.05) is 22.9 Å². The smallest absolute Gasteiger partial charge is 0.151 e. The second-order valence-electron chi connectivity index (χ2n) is 4.58. The number of likely N-dealkylation sites (tertiary alicyclic amines) is 1. The summed E-state index contributed by atoms with van der Waals surface area (Å²) in [5.74, 6) is 1.43. The summed E-state index contributed by atoms with van der Waals surface area (Å²) in [6.45, 7) is 4.78. The molecular weight excluding hydrogens is 290 g/mol. The second-order valence-corrected chi connectivity index (χ2v) is 7.68. The van der Waals surface area contributed by atoms with Crippen LogP contribution >= 0.6 is 15.9 Å². The zero-order valence-corrected chi connectivity index (χ0v) is 12.4. The average molecular weight is 312 g/mol. The highest BCUT2D eigenvalue weighted by Gasteiger charge is 2.22. The molecule has 3 nitrogen and oxygen atoms in total. The Balaban J connectivity index is 2.25. The Bertz CT molecular complexity index is 292. The van der Waals surface area contributed by atoms with Gasteiger partial charge in [0.1, 0.15) is 0 Å². The van der Waals surface area contributed by atoms with Gasteiger partial charge in [0.2, 0.25) is 0 Å². The molecule has 1 aliphatic heterocycles. The molecule has 0 N–H and O–H groups in total. The molecule has 1 atom stereocenters. The third kappa shape index (κ3) is 5.15. The SMILES string of the molecule is CCCS(=O)(=O)CCN1CCC(CCBr)C1. The second kappa shape index (κ2) is 6.97. The molecule has 1 saturated heterocycles. The first-order valence-corrected chi connectivity index (χ1v) is 9.00. The van der Waals surface area contributed by atoms with Crippen molar-refractivity contribution in [2.75, 3.05) is 36.5 Å².